The van der Waals surface area contributed by atoms with Crippen LogP contribution in [0.2, 0.25) is 9.36 Å². The first-order chi connectivity index (χ1) is 8.49. The monoisotopic (exact) mass is 366 g/mol. The van der Waals surface area contributed by atoms with Crippen molar-refractivity contribution >= 4 is 56.3 Å². The van der Waals surface area contributed by atoms with Crippen LogP contribution in [0.3, 0.4) is 0 Å². The molecule has 0 amide bonds. The Labute approximate surface area is 126 Å². The Morgan fingerprint density at radius 2 is 2.11 bits per heavy atom. The summed E-state index contributed by atoms with van der Waals surface area (Å²) in [6, 6.07) is 5.98. The molecule has 2 aromatic rings. The minimum atomic E-state index is -0.474. The summed E-state index contributed by atoms with van der Waals surface area (Å²) in [4.78, 5) is 12.5. The van der Waals surface area contributed by atoms with Gasteiger partial charge in [-0.2, -0.15) is 0 Å². The molecule has 0 N–H and O–H groups in total. The Balaban J connectivity index is 2.27. The van der Waals surface area contributed by atoms with Crippen molar-refractivity contribution in [3.63, 3.8) is 0 Å². The summed E-state index contributed by atoms with van der Waals surface area (Å²) in [7, 11) is 0. The van der Waals surface area contributed by atoms with Crippen molar-refractivity contribution in [2.45, 2.75) is 6.42 Å². The average Bonchev–Trinajstić information content (AvgIpc) is 2.64. The number of ketones is 1. The summed E-state index contributed by atoms with van der Waals surface area (Å²) in [5, 5.41) is 0.255. The number of benzene rings is 1. The Morgan fingerprint density at radius 3 is 2.67 bits per heavy atom. The van der Waals surface area contributed by atoms with Crippen LogP contribution in [0.4, 0.5) is 4.39 Å². The molecule has 0 radical (unpaired) electrons. The second-order valence-electron chi connectivity index (χ2n) is 3.53. The zero-order valence-corrected chi connectivity index (χ0v) is 12.8. The Kier molecular flexibility index (Phi) is 4.43. The number of rotatable bonds is 3. The van der Waals surface area contributed by atoms with Gasteiger partial charge < -0.3 is 0 Å². The zero-order chi connectivity index (χ0) is 13.3. The highest BCUT2D eigenvalue weighted by Crippen LogP contribution is 2.33. The van der Waals surface area contributed by atoms with Crippen molar-refractivity contribution in [2.24, 2.45) is 0 Å². The Hall–Kier alpha value is -0.420. The Bertz CT molecular complexity index is 572. The maximum Gasteiger partial charge on any atom is 0.177 e. The van der Waals surface area contributed by atoms with Gasteiger partial charge in [-0.1, -0.05) is 29.3 Å². The second-order valence-corrected chi connectivity index (χ2v) is 6.45. The number of Topliss-reactive ketones (excluding diaryl/α,β-unsaturated/α-hetero) is 1. The number of hydrogen-bond donors (Lipinski definition) is 0. The van der Waals surface area contributed by atoms with Gasteiger partial charge in [0, 0.05) is 21.5 Å². The van der Waals surface area contributed by atoms with Gasteiger partial charge >= 0.3 is 0 Å². The lowest BCUT2D eigenvalue weighted by Gasteiger charge is -2.03. The highest BCUT2D eigenvalue weighted by Gasteiger charge is 2.16. The molecule has 0 aliphatic heterocycles. The molecule has 6 heteroatoms. The molecule has 0 saturated heterocycles. The largest absolute Gasteiger partial charge is 0.293 e. The number of halogens is 4. The Morgan fingerprint density at radius 1 is 1.39 bits per heavy atom. The van der Waals surface area contributed by atoms with E-state index in [1.807, 2.05) is 0 Å². The van der Waals surface area contributed by atoms with Gasteiger partial charge in [-0.15, -0.1) is 11.3 Å². The maximum atomic E-state index is 13.5. The van der Waals surface area contributed by atoms with E-state index in [1.54, 1.807) is 12.1 Å². The quantitative estimate of drug-likeness (QED) is 0.665. The lowest BCUT2D eigenvalue weighted by Crippen LogP contribution is -2.04. The van der Waals surface area contributed by atoms with Crippen LogP contribution in [0, 0.1) is 5.82 Å². The van der Waals surface area contributed by atoms with Crippen LogP contribution in [-0.2, 0) is 6.42 Å². The van der Waals surface area contributed by atoms with E-state index in [-0.39, 0.29) is 22.8 Å². The van der Waals surface area contributed by atoms with E-state index >= 15 is 0 Å². The summed E-state index contributed by atoms with van der Waals surface area (Å²) in [6.45, 7) is 0. The summed E-state index contributed by atoms with van der Waals surface area (Å²) in [6.07, 6.45) is -0.0746. The van der Waals surface area contributed by atoms with Gasteiger partial charge in [0.05, 0.1) is 4.88 Å². The number of thiophene rings is 1. The standard InChI is InChI=1S/C12H6BrCl2FOS/c13-7-5-11(18-12(7)15)10(17)4-6-8(14)2-1-3-9(6)16/h1-3,5H,4H2. The summed E-state index contributed by atoms with van der Waals surface area (Å²) in [5.74, 6) is -0.683. The summed E-state index contributed by atoms with van der Waals surface area (Å²) >= 11 is 16.1. The molecule has 1 nitrogen and oxygen atoms in total. The van der Waals surface area contributed by atoms with Crippen molar-refractivity contribution < 1.29 is 9.18 Å². The van der Waals surface area contributed by atoms with Crippen molar-refractivity contribution in [3.05, 3.63) is 54.4 Å². The molecule has 94 valence electrons. The van der Waals surface area contributed by atoms with Crippen LogP contribution in [-0.4, -0.2) is 5.78 Å². The van der Waals surface area contributed by atoms with E-state index in [0.29, 0.717) is 13.7 Å². The van der Waals surface area contributed by atoms with Crippen LogP contribution in [0.25, 0.3) is 0 Å². The predicted octanol–water partition coefficient (Wildman–Crippen LogP) is 5.38. The zero-order valence-electron chi connectivity index (χ0n) is 8.84. The maximum absolute atomic E-state index is 13.5. The van der Waals surface area contributed by atoms with E-state index in [2.05, 4.69) is 15.9 Å². The van der Waals surface area contributed by atoms with Gasteiger partial charge in [-0.3, -0.25) is 4.79 Å². The fraction of sp³-hybridized carbons (Fsp3) is 0.0833. The van der Waals surface area contributed by atoms with E-state index in [1.165, 1.54) is 12.1 Å². The molecule has 0 saturated carbocycles. The topological polar surface area (TPSA) is 17.1 Å². The third-order valence-electron chi connectivity index (χ3n) is 2.32. The molecule has 1 aromatic carbocycles. The van der Waals surface area contributed by atoms with Gasteiger partial charge in [0.2, 0.25) is 0 Å². The number of carbonyl (C=O) groups excluding carboxylic acids is 1. The first kappa shape index (κ1) is 14.0. The molecule has 0 spiro atoms. The molecule has 1 aromatic heterocycles. The van der Waals surface area contributed by atoms with Gasteiger partial charge in [-0.05, 0) is 34.1 Å². The van der Waals surface area contributed by atoms with Crippen LogP contribution in [0.15, 0.2) is 28.7 Å². The molecule has 18 heavy (non-hydrogen) atoms. The van der Waals surface area contributed by atoms with Gasteiger partial charge in [0.25, 0.3) is 0 Å². The molecule has 2 rings (SSSR count). The van der Waals surface area contributed by atoms with Gasteiger partial charge in [-0.25, -0.2) is 4.39 Å². The smallest absolute Gasteiger partial charge is 0.177 e. The average molecular weight is 368 g/mol. The van der Waals surface area contributed by atoms with E-state index in [4.69, 9.17) is 23.2 Å². The van der Waals surface area contributed by atoms with Crippen LogP contribution >= 0.6 is 50.5 Å². The lowest BCUT2D eigenvalue weighted by molar-refractivity contribution is 0.0995. The first-order valence-corrected chi connectivity index (χ1v) is 7.26. The van der Waals surface area contributed by atoms with Crippen molar-refractivity contribution in [1.82, 2.24) is 0 Å². The van der Waals surface area contributed by atoms with Gasteiger partial charge in [0.1, 0.15) is 10.2 Å². The van der Waals surface area contributed by atoms with Crippen LogP contribution in [0.5, 0.6) is 0 Å². The van der Waals surface area contributed by atoms with E-state index in [9.17, 15) is 9.18 Å². The molecule has 0 atom stereocenters. The normalized spacial score (nSPS) is 10.7. The predicted molar refractivity (Wildman–Crippen MR) is 76.5 cm³/mol. The fourth-order valence-electron chi connectivity index (χ4n) is 1.43. The molecule has 0 fully saturated rings. The summed E-state index contributed by atoms with van der Waals surface area (Å²) < 4.78 is 14.7. The molecule has 0 aliphatic carbocycles. The van der Waals surface area contributed by atoms with Gasteiger partial charge in [0.15, 0.2) is 5.78 Å². The molecule has 0 bridgehead atoms. The molecular weight excluding hydrogens is 362 g/mol. The molecule has 1 heterocycles. The third kappa shape index (κ3) is 2.94. The first-order valence-electron chi connectivity index (χ1n) is 4.90. The minimum Gasteiger partial charge on any atom is -0.293 e. The number of hydrogen-bond acceptors (Lipinski definition) is 2. The lowest BCUT2D eigenvalue weighted by atomic mass is 10.1. The second kappa shape index (κ2) is 5.70. The molecule has 0 unspecified atom stereocenters. The van der Waals surface area contributed by atoms with Crippen LogP contribution in [0.1, 0.15) is 15.2 Å². The molecule has 0 aliphatic rings. The highest BCUT2D eigenvalue weighted by atomic mass is 79.9. The molecular formula is C12H6BrCl2FOS. The number of carbonyl (C=O) groups is 1. The van der Waals surface area contributed by atoms with Crippen molar-refractivity contribution in [2.75, 3.05) is 0 Å². The van der Waals surface area contributed by atoms with E-state index < -0.39 is 5.82 Å². The minimum absolute atomic E-state index is 0.0746. The highest BCUT2D eigenvalue weighted by molar-refractivity contribution is 9.10. The van der Waals surface area contributed by atoms with Crippen LogP contribution < -0.4 is 0 Å². The van der Waals surface area contributed by atoms with Crippen molar-refractivity contribution in [3.8, 4) is 0 Å². The van der Waals surface area contributed by atoms with E-state index in [0.717, 1.165) is 11.3 Å². The summed E-state index contributed by atoms with van der Waals surface area (Å²) in [5.41, 5.74) is 0.213. The van der Waals surface area contributed by atoms with Crippen molar-refractivity contribution in [1.29, 1.82) is 0 Å². The fourth-order valence-corrected chi connectivity index (χ4v) is 3.30. The third-order valence-corrected chi connectivity index (χ3v) is 5.19. The SMILES string of the molecule is O=C(Cc1c(F)cccc1Cl)c1cc(Br)c(Cl)s1.